The van der Waals surface area contributed by atoms with Crippen LogP contribution in [0.4, 0.5) is 0 Å². The molecular weight excluding hydrogens is 178 g/mol. The molecule has 0 aromatic heterocycles. The van der Waals surface area contributed by atoms with E-state index in [1.54, 1.807) is 7.11 Å². The number of carbonyl (C=O) groups excluding carboxylic acids is 1. The molecule has 0 aromatic carbocycles. The molecule has 0 unspecified atom stereocenters. The van der Waals surface area contributed by atoms with Crippen LogP contribution < -0.4 is 0 Å². The summed E-state index contributed by atoms with van der Waals surface area (Å²) < 4.78 is 4.78. The summed E-state index contributed by atoms with van der Waals surface area (Å²) in [6.07, 6.45) is 5.68. The summed E-state index contributed by atoms with van der Waals surface area (Å²) in [5, 5.41) is 0. The maximum atomic E-state index is 11.1. The minimum atomic E-state index is 0.226. The van der Waals surface area contributed by atoms with Crippen molar-refractivity contribution in [3.8, 4) is 0 Å². The third kappa shape index (κ3) is 4.72. The number of Topliss-reactive ketones (excluding diaryl/α,β-unsaturated/α-hetero) is 1. The van der Waals surface area contributed by atoms with Crippen molar-refractivity contribution < 1.29 is 9.53 Å². The second kappa shape index (κ2) is 6.96. The molecule has 3 nitrogen and oxygen atoms in total. The van der Waals surface area contributed by atoms with Gasteiger partial charge in [0, 0.05) is 13.5 Å². The summed E-state index contributed by atoms with van der Waals surface area (Å²) in [5.41, 5.74) is 0. The number of ether oxygens (including phenoxy) is 1. The molecule has 1 heterocycles. The van der Waals surface area contributed by atoms with Gasteiger partial charge in [-0.2, -0.15) is 0 Å². The summed E-state index contributed by atoms with van der Waals surface area (Å²) in [4.78, 5) is 13.6. The SMILES string of the molecule is COCC(=O)CCCN1CCCCC1. The summed E-state index contributed by atoms with van der Waals surface area (Å²) in [6, 6.07) is 0. The van der Waals surface area contributed by atoms with Crippen molar-refractivity contribution in [1.82, 2.24) is 4.90 Å². The largest absolute Gasteiger partial charge is 0.377 e. The molecule has 1 fully saturated rings. The second-order valence-corrected chi connectivity index (χ2v) is 3.98. The molecule has 0 N–H and O–H groups in total. The van der Waals surface area contributed by atoms with Gasteiger partial charge in [0.15, 0.2) is 5.78 Å². The molecule has 14 heavy (non-hydrogen) atoms. The number of nitrogens with zero attached hydrogens (tertiary/aromatic N) is 1. The van der Waals surface area contributed by atoms with Crippen molar-refractivity contribution in [2.45, 2.75) is 32.1 Å². The minimum Gasteiger partial charge on any atom is -0.377 e. The Kier molecular flexibility index (Phi) is 5.80. The molecule has 0 spiro atoms. The van der Waals surface area contributed by atoms with Crippen LogP contribution in [0.5, 0.6) is 0 Å². The fourth-order valence-corrected chi connectivity index (χ4v) is 1.92. The predicted octanol–water partition coefficient (Wildman–Crippen LogP) is 1.47. The Labute approximate surface area is 86.4 Å². The van der Waals surface area contributed by atoms with E-state index in [0.29, 0.717) is 6.42 Å². The van der Waals surface area contributed by atoms with Crippen LogP contribution in [0.25, 0.3) is 0 Å². The van der Waals surface area contributed by atoms with Gasteiger partial charge in [-0.3, -0.25) is 4.79 Å². The Morgan fingerprint density at radius 3 is 2.64 bits per heavy atom. The average Bonchev–Trinajstić information content (AvgIpc) is 2.20. The van der Waals surface area contributed by atoms with Crippen LogP contribution in [0, 0.1) is 0 Å². The third-order valence-electron chi connectivity index (χ3n) is 2.68. The number of rotatable bonds is 6. The molecule has 0 saturated carbocycles. The van der Waals surface area contributed by atoms with Gasteiger partial charge in [0.25, 0.3) is 0 Å². The van der Waals surface area contributed by atoms with Crippen LogP contribution in [-0.2, 0) is 9.53 Å². The van der Waals surface area contributed by atoms with E-state index >= 15 is 0 Å². The van der Waals surface area contributed by atoms with Crippen LogP contribution in [0.1, 0.15) is 32.1 Å². The zero-order valence-electron chi connectivity index (χ0n) is 9.13. The smallest absolute Gasteiger partial charge is 0.158 e. The Morgan fingerprint density at radius 2 is 2.00 bits per heavy atom. The topological polar surface area (TPSA) is 29.5 Å². The lowest BCUT2D eigenvalue weighted by Gasteiger charge is -2.26. The van der Waals surface area contributed by atoms with Gasteiger partial charge in [0.05, 0.1) is 0 Å². The number of piperidine rings is 1. The summed E-state index contributed by atoms with van der Waals surface area (Å²) >= 11 is 0. The molecule has 0 aliphatic carbocycles. The lowest BCUT2D eigenvalue weighted by atomic mass is 10.1. The van der Waals surface area contributed by atoms with Gasteiger partial charge < -0.3 is 9.64 Å². The maximum absolute atomic E-state index is 11.1. The standard InChI is InChI=1S/C11H21NO2/c1-14-10-11(13)6-5-9-12-7-3-2-4-8-12/h2-10H2,1H3. The Balaban J connectivity index is 1.99. The van der Waals surface area contributed by atoms with E-state index in [1.807, 2.05) is 0 Å². The molecule has 1 saturated heterocycles. The molecule has 3 heteroatoms. The van der Waals surface area contributed by atoms with E-state index in [4.69, 9.17) is 4.74 Å². The minimum absolute atomic E-state index is 0.226. The first-order valence-corrected chi connectivity index (χ1v) is 5.56. The van der Waals surface area contributed by atoms with E-state index in [9.17, 15) is 4.79 Å². The first-order valence-electron chi connectivity index (χ1n) is 5.56. The summed E-state index contributed by atoms with van der Waals surface area (Å²) in [5.74, 6) is 0.226. The second-order valence-electron chi connectivity index (χ2n) is 3.98. The van der Waals surface area contributed by atoms with Gasteiger partial charge in [-0.15, -0.1) is 0 Å². The van der Waals surface area contributed by atoms with Crippen LogP contribution >= 0.6 is 0 Å². The van der Waals surface area contributed by atoms with E-state index in [1.165, 1.54) is 32.4 Å². The van der Waals surface area contributed by atoms with Crippen LogP contribution in [0.2, 0.25) is 0 Å². The number of likely N-dealkylation sites (tertiary alicyclic amines) is 1. The highest BCUT2D eigenvalue weighted by Crippen LogP contribution is 2.09. The summed E-state index contributed by atoms with van der Waals surface area (Å²) in [7, 11) is 1.57. The number of hydrogen-bond acceptors (Lipinski definition) is 3. The van der Waals surface area contributed by atoms with Gasteiger partial charge in [-0.1, -0.05) is 6.42 Å². The third-order valence-corrected chi connectivity index (χ3v) is 2.68. The highest BCUT2D eigenvalue weighted by atomic mass is 16.5. The molecule has 0 aromatic rings. The molecule has 82 valence electrons. The Bertz CT molecular complexity index is 165. The molecule has 1 aliphatic rings. The zero-order chi connectivity index (χ0) is 10.2. The highest BCUT2D eigenvalue weighted by molar-refractivity contribution is 5.79. The van der Waals surface area contributed by atoms with Gasteiger partial charge in [0.2, 0.25) is 0 Å². The van der Waals surface area contributed by atoms with Crippen molar-refractivity contribution in [2.24, 2.45) is 0 Å². The van der Waals surface area contributed by atoms with Gasteiger partial charge in [0.1, 0.15) is 6.61 Å². The number of carbonyl (C=O) groups is 1. The number of hydrogen-bond donors (Lipinski definition) is 0. The first kappa shape index (κ1) is 11.7. The van der Waals surface area contributed by atoms with E-state index in [0.717, 1.165) is 13.0 Å². The van der Waals surface area contributed by atoms with Crippen molar-refractivity contribution in [3.63, 3.8) is 0 Å². The molecular formula is C11H21NO2. The van der Waals surface area contributed by atoms with Crippen molar-refractivity contribution in [2.75, 3.05) is 33.4 Å². The zero-order valence-corrected chi connectivity index (χ0v) is 9.13. The fourth-order valence-electron chi connectivity index (χ4n) is 1.92. The fraction of sp³-hybridized carbons (Fsp3) is 0.909. The predicted molar refractivity (Wildman–Crippen MR) is 56.4 cm³/mol. The lowest BCUT2D eigenvalue weighted by molar-refractivity contribution is -0.122. The molecule has 1 aliphatic heterocycles. The quantitative estimate of drug-likeness (QED) is 0.648. The van der Waals surface area contributed by atoms with E-state index < -0.39 is 0 Å². The van der Waals surface area contributed by atoms with Gasteiger partial charge >= 0.3 is 0 Å². The molecule has 1 rings (SSSR count). The van der Waals surface area contributed by atoms with E-state index in [-0.39, 0.29) is 12.4 Å². The van der Waals surface area contributed by atoms with Crippen LogP contribution in [0.3, 0.4) is 0 Å². The highest BCUT2D eigenvalue weighted by Gasteiger charge is 2.09. The molecule has 0 amide bonds. The first-order chi connectivity index (χ1) is 6.83. The lowest BCUT2D eigenvalue weighted by Crippen LogP contribution is -2.30. The maximum Gasteiger partial charge on any atom is 0.158 e. The van der Waals surface area contributed by atoms with Crippen LogP contribution in [-0.4, -0.2) is 44.0 Å². The molecule has 0 atom stereocenters. The van der Waals surface area contributed by atoms with Crippen molar-refractivity contribution in [1.29, 1.82) is 0 Å². The number of methoxy groups -OCH3 is 1. The van der Waals surface area contributed by atoms with E-state index in [2.05, 4.69) is 4.90 Å². The van der Waals surface area contributed by atoms with Crippen LogP contribution in [0.15, 0.2) is 0 Å². The number of ketones is 1. The molecule has 0 bridgehead atoms. The normalized spacial score (nSPS) is 18.4. The average molecular weight is 199 g/mol. The van der Waals surface area contributed by atoms with Crippen molar-refractivity contribution >= 4 is 5.78 Å². The van der Waals surface area contributed by atoms with Gasteiger partial charge in [-0.25, -0.2) is 0 Å². The summed E-state index contributed by atoms with van der Waals surface area (Å²) in [6.45, 7) is 3.80. The Morgan fingerprint density at radius 1 is 1.29 bits per heavy atom. The monoisotopic (exact) mass is 199 g/mol. The Hall–Kier alpha value is -0.410. The molecule has 0 radical (unpaired) electrons. The van der Waals surface area contributed by atoms with Crippen molar-refractivity contribution in [3.05, 3.63) is 0 Å². The van der Waals surface area contributed by atoms with Gasteiger partial charge in [-0.05, 0) is 38.9 Å².